The second-order valence-electron chi connectivity index (χ2n) is 18.8. The van der Waals surface area contributed by atoms with Crippen molar-refractivity contribution in [2.45, 2.75) is 316 Å². The van der Waals surface area contributed by atoms with E-state index in [1.807, 2.05) is 0 Å². The van der Waals surface area contributed by atoms with E-state index in [1.54, 1.807) is 0 Å². The van der Waals surface area contributed by atoms with Crippen LogP contribution in [0, 0.1) is 0 Å². The molecule has 0 aliphatic carbocycles. The van der Waals surface area contributed by atoms with Crippen LogP contribution in [-0.2, 0) is 0 Å². The molecule has 348 valence electrons. The molecule has 5 N–H and O–H groups in total. The molecule has 0 amide bonds. The number of unbranched alkanes of at least 4 members (excludes halogenated alkanes) is 43. The summed E-state index contributed by atoms with van der Waals surface area (Å²) >= 11 is 0. The molecular formula is C52H112NO3P. The third-order valence-electron chi connectivity index (χ3n) is 12.5. The summed E-state index contributed by atoms with van der Waals surface area (Å²) in [5, 5.41) is 0. The van der Waals surface area contributed by atoms with Gasteiger partial charge in [-0.3, -0.25) is 0 Å². The van der Waals surface area contributed by atoms with Crippen molar-refractivity contribution >= 4 is 7.28 Å². The third-order valence-corrected chi connectivity index (χ3v) is 15.0. The van der Waals surface area contributed by atoms with E-state index in [2.05, 4.69) is 20.8 Å². The Kier molecular flexibility index (Phi) is 51.0. The van der Waals surface area contributed by atoms with Gasteiger partial charge in [0.25, 0.3) is 0 Å². The molecule has 0 aromatic heterocycles. The Bertz CT molecular complexity index is 657. The van der Waals surface area contributed by atoms with Gasteiger partial charge in [-0.15, -0.1) is 0 Å². The fourth-order valence-electron chi connectivity index (χ4n) is 8.42. The molecule has 4 nitrogen and oxygen atoms in total. The first-order chi connectivity index (χ1) is 27.8. The second kappa shape index (κ2) is 48.9. The molecule has 0 unspecified atom stereocenters. The van der Waals surface area contributed by atoms with Crippen LogP contribution in [0.25, 0.3) is 0 Å². The molecule has 0 spiro atoms. The molecule has 0 aliphatic heterocycles. The van der Waals surface area contributed by atoms with Crippen molar-refractivity contribution in [3.63, 3.8) is 0 Å². The predicted molar refractivity (Wildman–Crippen MR) is 262 cm³/mol. The normalized spacial score (nSPS) is 12.4. The smallest absolute Gasteiger partial charge is 0.330 e. The Morgan fingerprint density at radius 2 is 0.368 bits per heavy atom. The Hall–Kier alpha value is 0.270. The van der Waals surface area contributed by atoms with E-state index >= 15 is 0 Å². The van der Waals surface area contributed by atoms with Gasteiger partial charge >= 0.3 is 176 Å². The number of hydrogen-bond donors (Lipinski definition) is 4. The molecule has 0 radical (unpaired) electrons. The molecule has 0 fully saturated rings. The van der Waals surface area contributed by atoms with Crippen LogP contribution >= 0.6 is 7.28 Å². The van der Waals surface area contributed by atoms with Crippen LogP contribution in [-0.4, -0.2) is 33.5 Å². The van der Waals surface area contributed by atoms with E-state index in [0.29, 0.717) is 0 Å². The van der Waals surface area contributed by atoms with Gasteiger partial charge in [0.15, 0.2) is 0 Å². The maximum absolute atomic E-state index is 10.5. The SMILES string of the molecule is CCCCCCCCCCCCCCCCCCP(O)(O)(O)CCCCCCCCCCCCCCCCCC.CCCCCCCCCCCCCCCCN. The molecule has 0 heterocycles. The predicted octanol–water partition coefficient (Wildman–Crippen LogP) is 18.2. The van der Waals surface area contributed by atoms with Crippen LogP contribution in [0.15, 0.2) is 0 Å². The Morgan fingerprint density at radius 3 is 0.526 bits per heavy atom. The van der Waals surface area contributed by atoms with Crippen LogP contribution in [0.5, 0.6) is 0 Å². The Labute approximate surface area is 361 Å². The van der Waals surface area contributed by atoms with Crippen LogP contribution in [0.4, 0.5) is 0 Å². The molecule has 0 saturated carbocycles. The van der Waals surface area contributed by atoms with Gasteiger partial charge in [0.1, 0.15) is 0 Å². The van der Waals surface area contributed by atoms with Crippen LogP contribution in [0.3, 0.4) is 0 Å². The van der Waals surface area contributed by atoms with Gasteiger partial charge < -0.3 is 5.73 Å². The average Bonchev–Trinajstić information content (AvgIpc) is 3.19. The van der Waals surface area contributed by atoms with Gasteiger partial charge in [-0.1, -0.05) is 168 Å². The Balaban J connectivity index is 0. The standard InChI is InChI=1S/C36H77O3P.C16H35N/c1-3-5-7-9-11-13-15-17-19-21-23-25-27-29-31-33-35-40(37,38,39)36-34-32-30-28-26-24-22-20-18-16-14-12-10-8-6-4-2;1-2-3-4-5-6-7-8-9-10-11-12-13-14-15-16-17/h37-39H,3-36H2,1-2H3;2-17H2,1H3. The van der Waals surface area contributed by atoms with E-state index in [0.717, 1.165) is 45.1 Å². The molecule has 0 atom stereocenters. The van der Waals surface area contributed by atoms with Gasteiger partial charge in [0.2, 0.25) is 0 Å². The van der Waals surface area contributed by atoms with Crippen molar-refractivity contribution in [1.29, 1.82) is 0 Å². The zero-order valence-electron chi connectivity index (χ0n) is 40.0. The van der Waals surface area contributed by atoms with Crippen LogP contribution < -0.4 is 5.73 Å². The zero-order chi connectivity index (χ0) is 42.1. The number of nitrogens with two attached hydrogens (primary N) is 1. The summed E-state index contributed by atoms with van der Waals surface area (Å²) in [6, 6.07) is 0. The molecule has 0 aromatic carbocycles. The van der Waals surface area contributed by atoms with E-state index in [4.69, 9.17) is 5.73 Å². The molecular weight excluding hydrogens is 718 g/mol. The van der Waals surface area contributed by atoms with Crippen molar-refractivity contribution in [2.24, 2.45) is 5.73 Å². The monoisotopic (exact) mass is 830 g/mol. The molecule has 0 aliphatic rings. The van der Waals surface area contributed by atoms with E-state index in [1.165, 1.54) is 257 Å². The number of hydrogen-bond acceptors (Lipinski definition) is 4. The summed E-state index contributed by atoms with van der Waals surface area (Å²) in [4.78, 5) is 31.4. The van der Waals surface area contributed by atoms with Gasteiger partial charge in [0.05, 0.1) is 0 Å². The topological polar surface area (TPSA) is 86.7 Å². The molecule has 0 bridgehead atoms. The summed E-state index contributed by atoms with van der Waals surface area (Å²) in [7, 11) is -4.39. The fraction of sp³-hybridized carbons (Fsp3) is 1.00. The summed E-state index contributed by atoms with van der Waals surface area (Å²) in [5.41, 5.74) is 5.47. The molecule has 57 heavy (non-hydrogen) atoms. The summed E-state index contributed by atoms with van der Waals surface area (Å²) in [6.07, 6.45) is 62.0. The maximum atomic E-state index is 10.5. The average molecular weight is 830 g/mol. The van der Waals surface area contributed by atoms with E-state index < -0.39 is 7.28 Å². The van der Waals surface area contributed by atoms with Crippen LogP contribution in [0.2, 0.25) is 0 Å². The third kappa shape index (κ3) is 56.3. The van der Waals surface area contributed by atoms with Crippen molar-refractivity contribution in [1.82, 2.24) is 0 Å². The summed E-state index contributed by atoms with van der Waals surface area (Å²) in [6.45, 7) is 7.72. The first-order valence-electron chi connectivity index (χ1n) is 26.8. The van der Waals surface area contributed by atoms with Gasteiger partial charge in [-0.2, -0.15) is 0 Å². The fourth-order valence-corrected chi connectivity index (χ4v) is 10.4. The van der Waals surface area contributed by atoms with Gasteiger partial charge in [0, 0.05) is 0 Å². The van der Waals surface area contributed by atoms with Crippen molar-refractivity contribution in [3.8, 4) is 0 Å². The van der Waals surface area contributed by atoms with Crippen LogP contribution in [0.1, 0.15) is 316 Å². The van der Waals surface area contributed by atoms with E-state index in [-0.39, 0.29) is 12.3 Å². The molecule has 0 saturated heterocycles. The summed E-state index contributed by atoms with van der Waals surface area (Å²) < 4.78 is 0. The van der Waals surface area contributed by atoms with Gasteiger partial charge in [-0.25, -0.2) is 0 Å². The first-order valence-corrected chi connectivity index (χ1v) is 29.2. The Morgan fingerprint density at radius 1 is 0.228 bits per heavy atom. The quantitative estimate of drug-likeness (QED) is 0.0363. The van der Waals surface area contributed by atoms with Crippen molar-refractivity contribution in [3.05, 3.63) is 0 Å². The molecule has 0 aromatic rings. The van der Waals surface area contributed by atoms with Crippen molar-refractivity contribution < 1.29 is 14.7 Å². The second-order valence-corrected chi connectivity index (χ2v) is 22.4. The number of rotatable bonds is 48. The zero-order valence-corrected chi connectivity index (χ0v) is 40.9. The van der Waals surface area contributed by atoms with E-state index in [9.17, 15) is 14.7 Å². The molecule has 0 rings (SSSR count). The minimum Gasteiger partial charge on any atom is -0.330 e. The van der Waals surface area contributed by atoms with Crippen molar-refractivity contribution in [2.75, 3.05) is 18.9 Å². The summed E-state index contributed by atoms with van der Waals surface area (Å²) in [5.74, 6) is 0. The molecule has 5 heteroatoms. The first kappa shape index (κ1) is 59.4. The minimum atomic E-state index is -4.39. The minimum absolute atomic E-state index is 0.211. The van der Waals surface area contributed by atoms with Gasteiger partial charge in [-0.05, 0) is 13.0 Å².